The van der Waals surface area contributed by atoms with Gasteiger partial charge in [0.05, 0.1) is 27.7 Å². The third-order valence-corrected chi connectivity index (χ3v) is 21.4. The lowest BCUT2D eigenvalue weighted by atomic mass is 10.0. The fraction of sp³-hybridized carbons (Fsp3) is 0.976. The van der Waals surface area contributed by atoms with E-state index in [4.69, 9.17) is 18.5 Å². The maximum Gasteiger partial charge on any atom is 0.472 e. The van der Waals surface area contributed by atoms with E-state index in [0.717, 1.165) is 38.5 Å². The maximum absolute atomic E-state index is 12.9. The van der Waals surface area contributed by atoms with E-state index in [2.05, 4.69) is 13.8 Å². The summed E-state index contributed by atoms with van der Waals surface area (Å²) in [5, 5.41) is 0. The average molecular weight is 1370 g/mol. The zero-order valence-electron chi connectivity index (χ0n) is 65.2. The van der Waals surface area contributed by atoms with E-state index in [1.165, 1.54) is 417 Å². The minimum atomic E-state index is -4.39. The van der Waals surface area contributed by atoms with Gasteiger partial charge in [0.25, 0.3) is 0 Å². The number of phosphoric ester groups is 1. The Hall–Kier alpha value is -0.990. The second-order valence-electron chi connectivity index (χ2n) is 31.3. The number of unbranched alkanes of at least 4 members (excludes halogenated alkanes) is 69. The Balaban J connectivity index is 3.83. The number of nitrogens with zero attached hydrogens (tertiary/aromatic N) is 1. The molecular weight excluding hydrogens is 1190 g/mol. The minimum Gasteiger partial charge on any atom is -0.462 e. The van der Waals surface area contributed by atoms with Gasteiger partial charge in [0.15, 0.2) is 6.10 Å². The molecule has 0 aromatic rings. The van der Waals surface area contributed by atoms with Gasteiger partial charge in [-0.05, 0) is 12.8 Å². The molecule has 0 radical (unpaired) electrons. The molecule has 0 aliphatic heterocycles. The Morgan fingerprint density at radius 3 is 0.674 bits per heavy atom. The summed E-state index contributed by atoms with van der Waals surface area (Å²) in [6, 6.07) is 0. The van der Waals surface area contributed by atoms with E-state index in [0.29, 0.717) is 17.4 Å². The number of likely N-dealkylation sites (N-methyl/N-ethyl adjacent to an activating group) is 1. The molecule has 0 heterocycles. The molecule has 2 unspecified atom stereocenters. The van der Waals surface area contributed by atoms with Crippen LogP contribution in [0.15, 0.2) is 0 Å². The number of hydrogen-bond acceptors (Lipinski definition) is 7. The second kappa shape index (κ2) is 77.2. The highest BCUT2D eigenvalue weighted by molar-refractivity contribution is 7.47. The van der Waals surface area contributed by atoms with E-state index in [1.54, 1.807) is 0 Å². The topological polar surface area (TPSA) is 108 Å². The summed E-state index contributed by atoms with van der Waals surface area (Å²) >= 11 is 0. The molecule has 10 heteroatoms. The molecule has 0 amide bonds. The van der Waals surface area contributed by atoms with Crippen molar-refractivity contribution in [2.45, 2.75) is 489 Å². The third kappa shape index (κ3) is 81.9. The van der Waals surface area contributed by atoms with Crippen molar-refractivity contribution >= 4 is 19.8 Å². The minimum absolute atomic E-state index is 0.0379. The van der Waals surface area contributed by atoms with Gasteiger partial charge in [0, 0.05) is 12.8 Å². The molecule has 0 spiro atoms. The zero-order valence-corrected chi connectivity index (χ0v) is 66.1. The third-order valence-electron chi connectivity index (χ3n) is 20.4. The quantitative estimate of drug-likeness (QED) is 0.0278. The lowest BCUT2D eigenvalue weighted by Crippen LogP contribution is -2.37. The molecule has 1 N–H and O–H groups in total. The number of esters is 2. The summed E-state index contributed by atoms with van der Waals surface area (Å²) in [5.74, 6) is -0.763. The Morgan fingerprint density at radius 1 is 0.284 bits per heavy atom. The number of ether oxygens (including phenoxy) is 2. The largest absolute Gasteiger partial charge is 0.472 e. The summed E-state index contributed by atoms with van der Waals surface area (Å²) in [6.07, 6.45) is 97.3. The van der Waals surface area contributed by atoms with Gasteiger partial charge in [0.2, 0.25) is 0 Å². The van der Waals surface area contributed by atoms with Crippen LogP contribution in [0.2, 0.25) is 0 Å². The van der Waals surface area contributed by atoms with Crippen molar-refractivity contribution in [1.29, 1.82) is 0 Å². The Bertz CT molecular complexity index is 1560. The maximum atomic E-state index is 12.9. The highest BCUT2D eigenvalue weighted by Crippen LogP contribution is 2.43. The SMILES string of the molecule is CCCCCCCCCCCCCCCCCCCCCCCCCCCCCCCCCCCCCCCCCC(=O)OC(COC(=O)CCCCCCCCCCCCCCCCCCCCCCCCCCCCCCCCCC)COP(=O)(O)OCC[N+](C)(C)C. The smallest absolute Gasteiger partial charge is 0.462 e. The van der Waals surface area contributed by atoms with Gasteiger partial charge >= 0.3 is 19.8 Å². The van der Waals surface area contributed by atoms with Gasteiger partial charge in [-0.2, -0.15) is 0 Å². The lowest BCUT2D eigenvalue weighted by molar-refractivity contribution is -0.870. The van der Waals surface area contributed by atoms with Gasteiger partial charge in [0.1, 0.15) is 19.8 Å². The number of carbonyl (C=O) groups is 2. The van der Waals surface area contributed by atoms with Crippen molar-refractivity contribution in [3.8, 4) is 0 Å². The van der Waals surface area contributed by atoms with Gasteiger partial charge < -0.3 is 18.9 Å². The van der Waals surface area contributed by atoms with Crippen LogP contribution < -0.4 is 0 Å². The summed E-state index contributed by atoms with van der Waals surface area (Å²) < 4.78 is 34.9. The Labute approximate surface area is 594 Å². The lowest BCUT2D eigenvalue weighted by Gasteiger charge is -2.24. The number of phosphoric acid groups is 1. The van der Waals surface area contributed by atoms with Crippen molar-refractivity contribution < 1.29 is 42.1 Å². The molecule has 0 bridgehead atoms. The van der Waals surface area contributed by atoms with Crippen LogP contribution in [0.3, 0.4) is 0 Å². The summed E-state index contributed by atoms with van der Waals surface area (Å²) in [6.45, 7) is 4.55. The molecule has 0 rings (SSSR count). The van der Waals surface area contributed by atoms with Crippen molar-refractivity contribution in [3.63, 3.8) is 0 Å². The first-order chi connectivity index (χ1) is 46.5. The molecule has 2 atom stereocenters. The van der Waals surface area contributed by atoms with Crippen molar-refractivity contribution in [2.75, 3.05) is 47.5 Å². The molecule has 0 aromatic heterocycles. The van der Waals surface area contributed by atoms with Crippen molar-refractivity contribution in [3.05, 3.63) is 0 Å². The fourth-order valence-corrected chi connectivity index (χ4v) is 14.5. The first-order valence-corrected chi connectivity index (χ1v) is 44.8. The van der Waals surface area contributed by atoms with Crippen LogP contribution in [0.5, 0.6) is 0 Å². The van der Waals surface area contributed by atoms with Crippen LogP contribution in [0, 0.1) is 0 Å². The van der Waals surface area contributed by atoms with E-state index < -0.39 is 26.5 Å². The van der Waals surface area contributed by atoms with E-state index in [1.807, 2.05) is 21.1 Å². The van der Waals surface area contributed by atoms with Crippen LogP contribution in [0.1, 0.15) is 483 Å². The molecule has 95 heavy (non-hydrogen) atoms. The van der Waals surface area contributed by atoms with Crippen molar-refractivity contribution in [1.82, 2.24) is 0 Å². The molecule has 0 aromatic carbocycles. The van der Waals surface area contributed by atoms with Gasteiger partial charge in [-0.15, -0.1) is 0 Å². The summed E-state index contributed by atoms with van der Waals surface area (Å²) in [4.78, 5) is 36.0. The first-order valence-electron chi connectivity index (χ1n) is 43.3. The normalized spacial score (nSPS) is 12.9. The van der Waals surface area contributed by atoms with Gasteiger partial charge in [-0.25, -0.2) is 4.57 Å². The fourth-order valence-electron chi connectivity index (χ4n) is 13.8. The number of rotatable bonds is 83. The number of quaternary nitrogens is 1. The second-order valence-corrected chi connectivity index (χ2v) is 32.8. The molecule has 9 nitrogen and oxygen atoms in total. The predicted octanol–water partition coefficient (Wildman–Crippen LogP) is 28.8. The molecular formula is C85H171NO8P+. The molecule has 0 saturated carbocycles. The first kappa shape index (κ1) is 94.0. The summed E-state index contributed by atoms with van der Waals surface area (Å²) in [7, 11) is 1.51. The van der Waals surface area contributed by atoms with E-state index in [-0.39, 0.29) is 25.6 Å². The monoisotopic (exact) mass is 1370 g/mol. The highest BCUT2D eigenvalue weighted by atomic mass is 31.2. The average Bonchev–Trinajstić information content (AvgIpc) is 2.18. The Kier molecular flexibility index (Phi) is 76.4. The van der Waals surface area contributed by atoms with Crippen LogP contribution in [-0.2, 0) is 32.7 Å². The van der Waals surface area contributed by atoms with Crippen LogP contribution in [0.4, 0.5) is 0 Å². The van der Waals surface area contributed by atoms with Crippen LogP contribution in [-0.4, -0.2) is 74.9 Å². The standard InChI is InChI=1S/C85H170NO8P/c1-6-8-10-12-14-16-18-20-22-24-26-28-30-32-34-36-38-40-41-42-43-44-45-46-48-50-52-54-56-58-60-62-64-66-68-70-72-74-76-78-85(88)94-83(82-93-95(89,90)92-80-79-86(3,4)5)81-91-84(87)77-75-73-71-69-67-65-63-61-59-57-55-53-51-49-47-39-37-35-33-31-29-27-25-23-21-19-17-15-13-11-9-7-2/h83H,6-82H2,1-5H3/p+1. The molecule has 568 valence electrons. The van der Waals surface area contributed by atoms with Gasteiger partial charge in [-0.3, -0.25) is 18.6 Å². The molecule has 0 aliphatic rings. The number of hydrogen-bond donors (Lipinski definition) is 1. The van der Waals surface area contributed by atoms with E-state index in [9.17, 15) is 19.0 Å². The Morgan fingerprint density at radius 2 is 0.474 bits per heavy atom. The number of carbonyl (C=O) groups excluding carboxylic acids is 2. The van der Waals surface area contributed by atoms with Gasteiger partial charge in [-0.1, -0.05) is 457 Å². The molecule has 0 saturated heterocycles. The zero-order chi connectivity index (χ0) is 69.0. The predicted molar refractivity (Wildman–Crippen MR) is 414 cm³/mol. The molecule has 0 aliphatic carbocycles. The summed E-state index contributed by atoms with van der Waals surface area (Å²) in [5.41, 5.74) is 0. The van der Waals surface area contributed by atoms with Crippen molar-refractivity contribution in [2.24, 2.45) is 0 Å². The highest BCUT2D eigenvalue weighted by Gasteiger charge is 2.27. The van der Waals surface area contributed by atoms with Crippen LogP contribution in [0.25, 0.3) is 0 Å². The van der Waals surface area contributed by atoms with E-state index >= 15 is 0 Å². The van der Waals surface area contributed by atoms with Crippen LogP contribution >= 0.6 is 7.82 Å². The molecule has 0 fully saturated rings.